The molecule has 134 valence electrons. The third kappa shape index (κ3) is 4.51. The Labute approximate surface area is 153 Å². The number of furan rings is 1. The average Bonchev–Trinajstić information content (AvgIpc) is 3.26. The zero-order valence-electron chi connectivity index (χ0n) is 14.2. The number of anilines is 2. The second kappa shape index (κ2) is 7.87. The van der Waals surface area contributed by atoms with Crippen LogP contribution in [0.3, 0.4) is 0 Å². The lowest BCUT2D eigenvalue weighted by Crippen LogP contribution is -2.14. The Hall–Kier alpha value is -3.07. The molecule has 8 nitrogen and oxygen atoms in total. The van der Waals surface area contributed by atoms with Crippen molar-refractivity contribution >= 4 is 35.0 Å². The van der Waals surface area contributed by atoms with Gasteiger partial charge in [0.15, 0.2) is 10.9 Å². The number of aromatic nitrogens is 3. The van der Waals surface area contributed by atoms with Crippen LogP contribution >= 0.6 is 11.8 Å². The number of nitrogens with one attached hydrogen (secondary N) is 3. The summed E-state index contributed by atoms with van der Waals surface area (Å²) < 4.78 is 5.58. The molecule has 2 aromatic heterocycles. The van der Waals surface area contributed by atoms with E-state index < -0.39 is 5.91 Å². The molecule has 9 heteroatoms. The predicted molar refractivity (Wildman–Crippen MR) is 98.1 cm³/mol. The molecule has 3 rings (SSSR count). The van der Waals surface area contributed by atoms with Gasteiger partial charge in [-0.2, -0.15) is 5.10 Å². The van der Waals surface area contributed by atoms with Gasteiger partial charge in [-0.1, -0.05) is 17.8 Å². The number of benzene rings is 1. The van der Waals surface area contributed by atoms with Gasteiger partial charge < -0.3 is 15.1 Å². The van der Waals surface area contributed by atoms with Gasteiger partial charge in [0.1, 0.15) is 12.1 Å². The largest absolute Gasteiger partial charge is 0.455 e. The lowest BCUT2D eigenvalue weighted by Gasteiger charge is -2.11. The fourth-order valence-corrected chi connectivity index (χ4v) is 2.90. The summed E-state index contributed by atoms with van der Waals surface area (Å²) in [4.78, 5) is 27.8. The van der Waals surface area contributed by atoms with Gasteiger partial charge in [-0.25, -0.2) is 4.98 Å². The molecule has 1 aromatic carbocycles. The van der Waals surface area contributed by atoms with E-state index in [1.54, 1.807) is 24.3 Å². The van der Waals surface area contributed by atoms with Crippen LogP contribution in [0.2, 0.25) is 0 Å². The molecule has 0 radical (unpaired) electrons. The molecule has 0 spiro atoms. The van der Waals surface area contributed by atoms with Crippen LogP contribution in [0, 0.1) is 6.92 Å². The van der Waals surface area contributed by atoms with Crippen LogP contribution in [0.15, 0.2) is 46.2 Å². The van der Waals surface area contributed by atoms with Crippen molar-refractivity contribution in [2.75, 3.05) is 10.6 Å². The third-order valence-electron chi connectivity index (χ3n) is 3.36. The summed E-state index contributed by atoms with van der Waals surface area (Å²) >= 11 is 1.42. The first-order chi connectivity index (χ1) is 12.5. The van der Waals surface area contributed by atoms with Crippen LogP contribution in [-0.4, -0.2) is 27.0 Å². The lowest BCUT2D eigenvalue weighted by molar-refractivity contribution is -0.114. The zero-order chi connectivity index (χ0) is 18.5. The van der Waals surface area contributed by atoms with Crippen LogP contribution in [0.1, 0.15) is 28.8 Å². The molecule has 0 saturated carbocycles. The van der Waals surface area contributed by atoms with E-state index in [0.717, 1.165) is 5.56 Å². The van der Waals surface area contributed by atoms with E-state index in [1.165, 1.54) is 25.0 Å². The summed E-state index contributed by atoms with van der Waals surface area (Å²) in [6.45, 7) is 3.31. The number of amides is 2. The van der Waals surface area contributed by atoms with Crippen molar-refractivity contribution in [2.24, 2.45) is 0 Å². The van der Waals surface area contributed by atoms with E-state index in [9.17, 15) is 9.59 Å². The second-order valence-electron chi connectivity index (χ2n) is 5.53. The molecule has 0 unspecified atom stereocenters. The molecule has 3 aromatic rings. The number of hydrogen-bond acceptors (Lipinski definition) is 6. The zero-order valence-corrected chi connectivity index (χ0v) is 15.0. The molecule has 0 aliphatic rings. The molecule has 0 aliphatic carbocycles. The van der Waals surface area contributed by atoms with Crippen molar-refractivity contribution in [3.05, 3.63) is 53.7 Å². The SMILES string of the molecule is CC(=O)Nc1ccc(C)cc1NC(=O)c1ccc(CSc2ncn[nH]2)o1. The van der Waals surface area contributed by atoms with Crippen LogP contribution in [0.4, 0.5) is 11.4 Å². The maximum Gasteiger partial charge on any atom is 0.291 e. The minimum Gasteiger partial charge on any atom is -0.455 e. The van der Waals surface area contributed by atoms with E-state index in [2.05, 4.69) is 25.8 Å². The molecule has 0 atom stereocenters. The van der Waals surface area contributed by atoms with Gasteiger partial charge in [-0.05, 0) is 36.8 Å². The number of aromatic amines is 1. The van der Waals surface area contributed by atoms with Crippen molar-refractivity contribution in [3.63, 3.8) is 0 Å². The first kappa shape index (κ1) is 17.7. The smallest absolute Gasteiger partial charge is 0.291 e. The highest BCUT2D eigenvalue weighted by molar-refractivity contribution is 7.98. The van der Waals surface area contributed by atoms with E-state index >= 15 is 0 Å². The van der Waals surface area contributed by atoms with E-state index in [0.29, 0.717) is 28.0 Å². The molecular formula is C17H17N5O3S. The summed E-state index contributed by atoms with van der Waals surface area (Å²) in [5, 5.41) is 12.7. The minimum absolute atomic E-state index is 0.188. The summed E-state index contributed by atoms with van der Waals surface area (Å²) in [7, 11) is 0. The Kier molecular flexibility index (Phi) is 5.37. The van der Waals surface area contributed by atoms with E-state index in [4.69, 9.17) is 4.42 Å². The maximum atomic E-state index is 12.5. The van der Waals surface area contributed by atoms with Gasteiger partial charge in [-0.15, -0.1) is 0 Å². The summed E-state index contributed by atoms with van der Waals surface area (Å²) in [5.74, 6) is 0.743. The molecule has 2 heterocycles. The van der Waals surface area contributed by atoms with Gasteiger partial charge in [0.2, 0.25) is 5.91 Å². The molecule has 26 heavy (non-hydrogen) atoms. The standard InChI is InChI=1S/C17H17N5O3S/c1-10-3-5-13(20-11(2)23)14(7-10)21-16(24)15-6-4-12(25-15)8-26-17-18-9-19-22-17/h3-7,9H,8H2,1-2H3,(H,20,23)(H,21,24)(H,18,19,22). The van der Waals surface area contributed by atoms with Crippen LogP contribution < -0.4 is 10.6 Å². The number of aryl methyl sites for hydroxylation is 1. The Morgan fingerprint density at radius 2 is 2.04 bits per heavy atom. The summed E-state index contributed by atoms with van der Waals surface area (Å²) in [6, 6.07) is 8.73. The first-order valence-corrected chi connectivity index (χ1v) is 8.76. The highest BCUT2D eigenvalue weighted by atomic mass is 32.2. The lowest BCUT2D eigenvalue weighted by atomic mass is 10.2. The monoisotopic (exact) mass is 371 g/mol. The normalized spacial score (nSPS) is 10.5. The Morgan fingerprint density at radius 1 is 1.19 bits per heavy atom. The van der Waals surface area contributed by atoms with E-state index in [-0.39, 0.29) is 11.7 Å². The molecule has 3 N–H and O–H groups in total. The average molecular weight is 371 g/mol. The van der Waals surface area contributed by atoms with Gasteiger partial charge in [0.05, 0.1) is 17.1 Å². The number of carbonyl (C=O) groups is 2. The number of thioether (sulfide) groups is 1. The minimum atomic E-state index is -0.391. The molecule has 0 aliphatic heterocycles. The van der Waals surface area contributed by atoms with Crippen molar-refractivity contribution in [1.29, 1.82) is 0 Å². The van der Waals surface area contributed by atoms with Crippen molar-refractivity contribution in [2.45, 2.75) is 24.8 Å². The van der Waals surface area contributed by atoms with Crippen LogP contribution in [0.25, 0.3) is 0 Å². The molecule has 2 amide bonds. The van der Waals surface area contributed by atoms with Gasteiger partial charge in [-0.3, -0.25) is 14.7 Å². The topological polar surface area (TPSA) is 113 Å². The molecule has 0 bridgehead atoms. The Morgan fingerprint density at radius 3 is 2.77 bits per heavy atom. The summed E-state index contributed by atoms with van der Waals surface area (Å²) in [6.07, 6.45) is 1.43. The highest BCUT2D eigenvalue weighted by Crippen LogP contribution is 2.25. The van der Waals surface area contributed by atoms with Crippen molar-refractivity contribution in [3.8, 4) is 0 Å². The maximum absolute atomic E-state index is 12.5. The number of hydrogen-bond donors (Lipinski definition) is 3. The van der Waals surface area contributed by atoms with Gasteiger partial charge in [0, 0.05) is 6.92 Å². The van der Waals surface area contributed by atoms with Gasteiger partial charge >= 0.3 is 0 Å². The number of carbonyl (C=O) groups excluding carboxylic acids is 2. The van der Waals surface area contributed by atoms with Gasteiger partial charge in [0.25, 0.3) is 5.91 Å². The molecule has 0 fully saturated rings. The first-order valence-electron chi connectivity index (χ1n) is 7.78. The Balaban J connectivity index is 1.68. The van der Waals surface area contributed by atoms with Crippen LogP contribution in [-0.2, 0) is 10.5 Å². The quantitative estimate of drug-likeness (QED) is 0.574. The number of nitrogens with zero attached hydrogens (tertiary/aromatic N) is 2. The second-order valence-corrected chi connectivity index (χ2v) is 6.49. The van der Waals surface area contributed by atoms with Crippen molar-refractivity contribution in [1.82, 2.24) is 15.2 Å². The van der Waals surface area contributed by atoms with Crippen molar-refractivity contribution < 1.29 is 14.0 Å². The van der Waals surface area contributed by atoms with Crippen LogP contribution in [0.5, 0.6) is 0 Å². The molecular weight excluding hydrogens is 354 g/mol. The predicted octanol–water partition coefficient (Wildman–Crippen LogP) is 3.21. The fourth-order valence-electron chi connectivity index (χ4n) is 2.22. The van der Waals surface area contributed by atoms with E-state index in [1.807, 2.05) is 13.0 Å². The third-order valence-corrected chi connectivity index (χ3v) is 4.26. The number of H-pyrrole nitrogens is 1. The summed E-state index contributed by atoms with van der Waals surface area (Å²) in [5.41, 5.74) is 2.00. The molecule has 0 saturated heterocycles. The fraction of sp³-hybridized carbons (Fsp3) is 0.176. The highest BCUT2D eigenvalue weighted by Gasteiger charge is 2.14. The number of rotatable bonds is 6. The Bertz CT molecular complexity index is 920.